The molecular formula is C6H2Cl3IO. The molecule has 5 heteroatoms. The van der Waals surface area contributed by atoms with Crippen molar-refractivity contribution < 1.29 is 5.11 Å². The Morgan fingerprint density at radius 3 is 2.18 bits per heavy atom. The summed E-state index contributed by atoms with van der Waals surface area (Å²) in [4.78, 5) is 0. The molecule has 11 heavy (non-hydrogen) atoms. The number of hydrogen-bond acceptors (Lipinski definition) is 1. The summed E-state index contributed by atoms with van der Waals surface area (Å²) in [6.45, 7) is 0. The second kappa shape index (κ2) is 3.56. The molecule has 0 aliphatic heterocycles. The van der Waals surface area contributed by atoms with Gasteiger partial charge in [-0.1, -0.05) is 34.8 Å². The van der Waals surface area contributed by atoms with E-state index in [0.29, 0.717) is 8.59 Å². The second-order valence-corrected chi connectivity index (χ2v) is 4.12. The van der Waals surface area contributed by atoms with E-state index in [2.05, 4.69) is 0 Å². The Balaban J connectivity index is 3.46. The van der Waals surface area contributed by atoms with Crippen molar-refractivity contribution in [1.29, 1.82) is 0 Å². The zero-order valence-corrected chi connectivity index (χ0v) is 9.46. The normalized spacial score (nSPS) is 10.2. The number of phenols is 1. The summed E-state index contributed by atoms with van der Waals surface area (Å²) in [5, 5.41) is 9.78. The predicted molar refractivity (Wildman–Crippen MR) is 55.9 cm³/mol. The first-order valence-electron chi connectivity index (χ1n) is 2.56. The third-order valence-electron chi connectivity index (χ3n) is 1.08. The number of rotatable bonds is 0. The molecule has 1 rings (SSSR count). The average Bonchev–Trinajstić information content (AvgIpc) is 1.97. The van der Waals surface area contributed by atoms with E-state index in [1.807, 2.05) is 22.6 Å². The SMILES string of the molecule is Oc1cc(I)c(Cl)c(Cl)c1Cl. The van der Waals surface area contributed by atoms with Crippen LogP contribution in [0, 0.1) is 3.57 Å². The van der Waals surface area contributed by atoms with Crippen molar-refractivity contribution in [2.45, 2.75) is 0 Å². The largest absolute Gasteiger partial charge is 0.506 e. The molecule has 0 aliphatic rings. The quantitative estimate of drug-likeness (QED) is 0.435. The first kappa shape index (κ1) is 9.71. The highest BCUT2D eigenvalue weighted by Gasteiger charge is 2.11. The highest BCUT2D eigenvalue weighted by Crippen LogP contribution is 2.39. The lowest BCUT2D eigenvalue weighted by Crippen LogP contribution is -1.78. The Labute approximate surface area is 92.4 Å². The van der Waals surface area contributed by atoms with Gasteiger partial charge in [-0.05, 0) is 28.7 Å². The molecule has 0 atom stereocenters. The summed E-state index contributed by atoms with van der Waals surface area (Å²) in [7, 11) is 0. The molecule has 60 valence electrons. The highest BCUT2D eigenvalue weighted by atomic mass is 127. The lowest BCUT2D eigenvalue weighted by Gasteiger charge is -2.02. The van der Waals surface area contributed by atoms with Gasteiger partial charge in [0.25, 0.3) is 0 Å². The molecule has 1 aromatic rings. The van der Waals surface area contributed by atoms with Crippen LogP contribution in [-0.2, 0) is 0 Å². The van der Waals surface area contributed by atoms with E-state index < -0.39 is 0 Å². The van der Waals surface area contributed by atoms with Crippen molar-refractivity contribution in [3.05, 3.63) is 24.7 Å². The van der Waals surface area contributed by atoms with Gasteiger partial charge in [0.05, 0.1) is 10.0 Å². The molecular weight excluding hydrogens is 321 g/mol. The van der Waals surface area contributed by atoms with Crippen molar-refractivity contribution in [3.63, 3.8) is 0 Å². The van der Waals surface area contributed by atoms with E-state index in [0.717, 1.165) is 0 Å². The fourth-order valence-electron chi connectivity index (χ4n) is 0.560. The number of benzene rings is 1. The van der Waals surface area contributed by atoms with Gasteiger partial charge in [0.2, 0.25) is 0 Å². The lowest BCUT2D eigenvalue weighted by molar-refractivity contribution is 0.475. The van der Waals surface area contributed by atoms with Crippen LogP contribution >= 0.6 is 57.4 Å². The molecule has 0 heterocycles. The van der Waals surface area contributed by atoms with Gasteiger partial charge < -0.3 is 5.11 Å². The summed E-state index contributed by atoms with van der Waals surface area (Å²) < 4.78 is 0.677. The first-order chi connectivity index (χ1) is 5.04. The van der Waals surface area contributed by atoms with Crippen LogP contribution in [0.2, 0.25) is 15.1 Å². The minimum absolute atomic E-state index is 0.0505. The minimum atomic E-state index is -0.0505. The van der Waals surface area contributed by atoms with Gasteiger partial charge in [-0.2, -0.15) is 0 Å². The molecule has 0 unspecified atom stereocenters. The van der Waals surface area contributed by atoms with Crippen LogP contribution < -0.4 is 0 Å². The van der Waals surface area contributed by atoms with E-state index in [1.165, 1.54) is 6.07 Å². The number of aromatic hydroxyl groups is 1. The van der Waals surface area contributed by atoms with Gasteiger partial charge in [0, 0.05) is 3.57 Å². The van der Waals surface area contributed by atoms with E-state index in [-0.39, 0.29) is 15.8 Å². The fourth-order valence-corrected chi connectivity index (χ4v) is 1.83. The van der Waals surface area contributed by atoms with E-state index in [1.54, 1.807) is 0 Å². The van der Waals surface area contributed by atoms with Gasteiger partial charge in [0.15, 0.2) is 0 Å². The number of phenolic OH excluding ortho intramolecular Hbond substituents is 1. The fraction of sp³-hybridized carbons (Fsp3) is 0. The minimum Gasteiger partial charge on any atom is -0.506 e. The maximum atomic E-state index is 9.13. The maximum absolute atomic E-state index is 9.13. The van der Waals surface area contributed by atoms with Crippen molar-refractivity contribution in [1.82, 2.24) is 0 Å². The van der Waals surface area contributed by atoms with Crippen LogP contribution in [-0.4, -0.2) is 5.11 Å². The van der Waals surface area contributed by atoms with E-state index in [9.17, 15) is 0 Å². The van der Waals surface area contributed by atoms with Crippen LogP contribution in [0.3, 0.4) is 0 Å². The summed E-state index contributed by atoms with van der Waals surface area (Å²) in [5.74, 6) is -0.0505. The van der Waals surface area contributed by atoms with Gasteiger partial charge in [-0.25, -0.2) is 0 Å². The predicted octanol–water partition coefficient (Wildman–Crippen LogP) is 3.96. The van der Waals surface area contributed by atoms with Crippen molar-refractivity contribution in [2.24, 2.45) is 0 Å². The third kappa shape index (κ3) is 1.86. The van der Waals surface area contributed by atoms with Crippen LogP contribution in [0.25, 0.3) is 0 Å². The maximum Gasteiger partial charge on any atom is 0.136 e. The van der Waals surface area contributed by atoms with E-state index >= 15 is 0 Å². The standard InChI is InChI=1S/C6H2Cl3IO/c7-4-2(10)1-3(11)5(8)6(4)9/h1,11H. The second-order valence-electron chi connectivity index (χ2n) is 1.82. The van der Waals surface area contributed by atoms with Gasteiger partial charge in [-0.15, -0.1) is 0 Å². The Hall–Kier alpha value is 0.620. The molecule has 0 amide bonds. The Bertz CT molecular complexity index is 274. The molecule has 0 bridgehead atoms. The van der Waals surface area contributed by atoms with Crippen LogP contribution in [0.4, 0.5) is 0 Å². The van der Waals surface area contributed by atoms with Gasteiger partial charge >= 0.3 is 0 Å². The first-order valence-corrected chi connectivity index (χ1v) is 4.77. The van der Waals surface area contributed by atoms with Crippen LogP contribution in [0.1, 0.15) is 0 Å². The number of halogens is 4. The van der Waals surface area contributed by atoms with Gasteiger partial charge in [0.1, 0.15) is 10.8 Å². The average molecular weight is 323 g/mol. The van der Waals surface area contributed by atoms with Crippen LogP contribution in [0.15, 0.2) is 6.07 Å². The molecule has 1 nitrogen and oxygen atoms in total. The lowest BCUT2D eigenvalue weighted by atomic mass is 10.3. The molecule has 1 aromatic carbocycles. The van der Waals surface area contributed by atoms with Crippen molar-refractivity contribution in [2.75, 3.05) is 0 Å². The molecule has 0 saturated heterocycles. The Kier molecular flexibility index (Phi) is 3.14. The molecule has 1 N–H and O–H groups in total. The van der Waals surface area contributed by atoms with Crippen molar-refractivity contribution >= 4 is 57.4 Å². The highest BCUT2D eigenvalue weighted by molar-refractivity contribution is 14.1. The number of hydrogen-bond donors (Lipinski definition) is 1. The molecule has 0 saturated carbocycles. The third-order valence-corrected chi connectivity index (χ3v) is 3.60. The summed E-state index contributed by atoms with van der Waals surface area (Å²) in [5.41, 5.74) is 0. The Morgan fingerprint density at radius 1 is 1.09 bits per heavy atom. The zero-order chi connectivity index (χ0) is 8.59. The topological polar surface area (TPSA) is 20.2 Å². The smallest absolute Gasteiger partial charge is 0.136 e. The monoisotopic (exact) mass is 322 g/mol. The summed E-state index contributed by atoms with van der Waals surface area (Å²) >= 11 is 18.9. The molecule has 0 radical (unpaired) electrons. The summed E-state index contributed by atoms with van der Waals surface area (Å²) in [6.07, 6.45) is 0. The van der Waals surface area contributed by atoms with Crippen molar-refractivity contribution in [3.8, 4) is 5.75 Å². The van der Waals surface area contributed by atoms with Crippen LogP contribution in [0.5, 0.6) is 5.75 Å². The molecule has 0 aromatic heterocycles. The zero-order valence-electron chi connectivity index (χ0n) is 5.04. The molecule has 0 aliphatic carbocycles. The Morgan fingerprint density at radius 2 is 1.64 bits per heavy atom. The molecule has 0 fully saturated rings. The van der Waals surface area contributed by atoms with Gasteiger partial charge in [-0.3, -0.25) is 0 Å². The molecule has 0 spiro atoms. The summed E-state index contributed by atoms with van der Waals surface area (Å²) in [6, 6.07) is 1.46. The van der Waals surface area contributed by atoms with E-state index in [4.69, 9.17) is 39.9 Å².